The number of rotatable bonds is 15. The van der Waals surface area contributed by atoms with Crippen LogP contribution < -0.4 is 21.8 Å². The summed E-state index contributed by atoms with van der Waals surface area (Å²) in [7, 11) is 0.738. The molecule has 0 radical (unpaired) electrons. The van der Waals surface area contributed by atoms with E-state index < -0.39 is 18.6 Å². The molecule has 0 aromatic carbocycles. The minimum atomic E-state index is -0.759. The quantitative estimate of drug-likeness (QED) is 0.0569. The van der Waals surface area contributed by atoms with E-state index in [1.807, 2.05) is 13.8 Å². The fourth-order valence-electron chi connectivity index (χ4n) is 7.15. The molecule has 4 aliphatic rings. The molecule has 5 N–H and O–H groups in total. The Labute approximate surface area is 253 Å². The Bertz CT molecular complexity index is 1020. The highest BCUT2D eigenvalue weighted by Gasteiger charge is 2.68. The Kier molecular flexibility index (Phi) is 11.1. The summed E-state index contributed by atoms with van der Waals surface area (Å²) in [6, 6.07) is -0.759. The lowest BCUT2D eigenvalue weighted by molar-refractivity contribution is -0.562. The second-order valence-corrected chi connectivity index (χ2v) is 14.6. The molecule has 3 saturated carbocycles. The predicted molar refractivity (Wildman–Crippen MR) is 165 cm³/mol. The zero-order valence-corrected chi connectivity index (χ0v) is 27.4. The van der Waals surface area contributed by atoms with Gasteiger partial charge in [-0.05, 0) is 68.6 Å². The van der Waals surface area contributed by atoms with Crippen molar-refractivity contribution in [3.63, 3.8) is 0 Å². The Hall–Kier alpha value is -2.21. The van der Waals surface area contributed by atoms with Crippen molar-refractivity contribution in [2.45, 2.75) is 130 Å². The number of hydrogen-bond donors (Lipinski definition) is 4. The lowest BCUT2D eigenvalue weighted by atomic mass is 9.43. The average molecular weight is 592 g/mol. The topological polar surface area (TPSA) is 147 Å². The van der Waals surface area contributed by atoms with Crippen LogP contribution in [0, 0.1) is 33.5 Å². The van der Waals surface area contributed by atoms with Crippen LogP contribution in [0.1, 0.15) is 107 Å². The van der Waals surface area contributed by atoms with Gasteiger partial charge in [0.05, 0.1) is 22.6 Å². The summed E-state index contributed by atoms with van der Waals surface area (Å²) in [6.07, 6.45) is 6.35. The van der Waals surface area contributed by atoms with Crippen molar-refractivity contribution in [1.29, 1.82) is 0 Å². The highest BCUT2D eigenvalue weighted by atomic mass is 16.7. The summed E-state index contributed by atoms with van der Waals surface area (Å²) in [5.41, 5.74) is 7.34. The number of carbonyl (C=O) groups is 2. The molecule has 0 spiro atoms. The molecule has 0 aromatic rings. The Morgan fingerprint density at radius 2 is 1.86 bits per heavy atom. The first-order valence-electron chi connectivity index (χ1n) is 15.9. The molecular weight excluding hydrogens is 535 g/mol. The largest absolute Gasteiger partial charge is 0.481 e. The van der Waals surface area contributed by atoms with Crippen LogP contribution in [0.5, 0.6) is 0 Å². The first kappa shape index (κ1) is 34.3. The summed E-state index contributed by atoms with van der Waals surface area (Å²) < 4.78 is 13.3. The van der Waals surface area contributed by atoms with E-state index in [0.29, 0.717) is 48.4 Å². The molecular formula is C30H56BN6O5+. The minimum Gasteiger partial charge on any atom is -0.404 e. The molecule has 4 rings (SSSR count). The van der Waals surface area contributed by atoms with Crippen LogP contribution in [0.3, 0.4) is 0 Å². The van der Waals surface area contributed by atoms with Gasteiger partial charge >= 0.3 is 7.12 Å². The summed E-state index contributed by atoms with van der Waals surface area (Å²) in [5, 5.41) is 6.25. The monoisotopic (exact) mass is 591 g/mol. The number of nitrogens with two attached hydrogens (primary N) is 1. The number of unbranched alkanes of at least 4 members (excludes halogenated alkanes) is 1. The third kappa shape index (κ3) is 7.84. The molecule has 0 unspecified atom stereocenters. The fraction of sp³-hybridized carbons (Fsp3) is 0.900. The van der Waals surface area contributed by atoms with E-state index >= 15 is 0 Å². The second kappa shape index (κ2) is 13.6. The number of nitrogens with zero attached hydrogens (tertiary/aromatic N) is 2. The van der Waals surface area contributed by atoms with Gasteiger partial charge in [-0.2, -0.15) is 0 Å². The lowest BCUT2D eigenvalue weighted by Crippen LogP contribution is -2.65. The molecule has 4 fully saturated rings. The molecule has 1 heterocycles. The molecule has 2 amide bonds. The van der Waals surface area contributed by atoms with E-state index in [9.17, 15) is 14.5 Å². The van der Waals surface area contributed by atoms with Gasteiger partial charge in [0.15, 0.2) is 0 Å². The molecule has 11 nitrogen and oxygen atoms in total. The van der Waals surface area contributed by atoms with Crippen molar-refractivity contribution in [3.05, 3.63) is 4.91 Å². The van der Waals surface area contributed by atoms with Gasteiger partial charge in [0.1, 0.15) is 10.9 Å². The number of amides is 2. The summed E-state index contributed by atoms with van der Waals surface area (Å²) >= 11 is 0. The third-order valence-electron chi connectivity index (χ3n) is 9.95. The van der Waals surface area contributed by atoms with E-state index in [1.165, 1.54) is 7.05 Å². The summed E-state index contributed by atoms with van der Waals surface area (Å²) in [6.45, 7) is 17.3. The number of nitrogens with one attached hydrogen (secondary N) is 3. The van der Waals surface area contributed by atoms with Crippen LogP contribution in [0.25, 0.3) is 0 Å². The second-order valence-electron chi connectivity index (χ2n) is 14.6. The first-order chi connectivity index (χ1) is 19.5. The van der Waals surface area contributed by atoms with Gasteiger partial charge in [0.25, 0.3) is 0 Å². The third-order valence-corrected chi connectivity index (χ3v) is 9.95. The summed E-state index contributed by atoms with van der Waals surface area (Å²) in [5.74, 6) is 0.607. The molecule has 42 heavy (non-hydrogen) atoms. The van der Waals surface area contributed by atoms with E-state index in [0.717, 1.165) is 32.1 Å². The van der Waals surface area contributed by atoms with E-state index in [4.69, 9.17) is 15.0 Å². The van der Waals surface area contributed by atoms with Gasteiger partial charge in [0, 0.05) is 12.0 Å². The maximum Gasteiger partial charge on any atom is 0.481 e. The van der Waals surface area contributed by atoms with Crippen LogP contribution >= 0.6 is 0 Å². The Morgan fingerprint density at radius 1 is 1.17 bits per heavy atom. The standard InChI is InChI=1S/C30H55BN6O5/c1-10-11-14-28(4,5)26(39)34-21(13-12-15-33-27(32)36-37(9)40)25(38)35-24(16-19(2)3)31-41-23-18-20-17-22(29(20,6)7)30(23,8)42-31/h19-24H,10-18H2,1-9H3,(H4-,32,33,34,35,36,38,39,40)/p+1/t20-,21-,22-,23+,24-,30-/m0/s1. The number of guanidine groups is 1. The van der Waals surface area contributed by atoms with E-state index in [2.05, 4.69) is 62.6 Å². The van der Waals surface area contributed by atoms with Gasteiger partial charge in [-0.3, -0.25) is 9.59 Å². The van der Waals surface area contributed by atoms with Gasteiger partial charge in [0.2, 0.25) is 24.8 Å². The van der Waals surface area contributed by atoms with E-state index in [1.54, 1.807) is 0 Å². The Morgan fingerprint density at radius 3 is 2.45 bits per heavy atom. The normalized spacial score (nSPS) is 28.0. The molecule has 1 saturated heterocycles. The van der Waals surface area contributed by atoms with Crippen LogP contribution in [-0.2, 0) is 18.9 Å². The number of hydrazine groups is 1. The number of nitroso groups, excluding NO2 is 1. The van der Waals surface area contributed by atoms with Crippen molar-refractivity contribution < 1.29 is 23.8 Å². The average Bonchev–Trinajstić information content (AvgIpc) is 3.25. The molecule has 3 aliphatic carbocycles. The highest BCUT2D eigenvalue weighted by molar-refractivity contribution is 6.48. The van der Waals surface area contributed by atoms with Crippen molar-refractivity contribution in [2.24, 2.45) is 39.3 Å². The zero-order chi connectivity index (χ0) is 31.5. The maximum atomic E-state index is 13.9. The molecule has 238 valence electrons. The van der Waals surface area contributed by atoms with Crippen molar-refractivity contribution >= 4 is 24.9 Å². The smallest absolute Gasteiger partial charge is 0.404 e. The van der Waals surface area contributed by atoms with Gasteiger partial charge in [-0.1, -0.05) is 66.7 Å². The van der Waals surface area contributed by atoms with Crippen molar-refractivity contribution in [1.82, 2.24) is 16.1 Å². The SMILES string of the molecule is CCCCC(C)(C)C(=O)N[C@@H](CCCN=C(N)N[N+](C)=O)C(=O)N[C@@H](CC(C)C)B1O[C@@H]2C[C@@H]3C[C@@H](C3(C)C)[C@]2(C)O1. The van der Waals surface area contributed by atoms with Gasteiger partial charge < -0.3 is 25.7 Å². The van der Waals surface area contributed by atoms with Gasteiger partial charge in [-0.15, -0.1) is 0 Å². The number of carbonyl (C=O) groups excluding carboxylic acids is 2. The molecule has 2 bridgehead atoms. The molecule has 1 aliphatic heterocycles. The molecule has 0 aromatic heterocycles. The van der Waals surface area contributed by atoms with Crippen LogP contribution in [0.4, 0.5) is 0 Å². The minimum absolute atomic E-state index is 0.00167. The predicted octanol–water partition coefficient (Wildman–Crippen LogP) is 3.49. The van der Waals surface area contributed by atoms with Crippen molar-refractivity contribution in [2.75, 3.05) is 13.6 Å². The van der Waals surface area contributed by atoms with Crippen molar-refractivity contribution in [3.8, 4) is 0 Å². The number of aliphatic imine (C=N–C) groups is 1. The molecule has 6 atom stereocenters. The fourth-order valence-corrected chi connectivity index (χ4v) is 7.15. The summed E-state index contributed by atoms with van der Waals surface area (Å²) in [4.78, 5) is 43.0. The highest BCUT2D eigenvalue weighted by Crippen LogP contribution is 2.65. The van der Waals surface area contributed by atoms with Crippen LogP contribution in [0.15, 0.2) is 4.99 Å². The lowest BCUT2D eigenvalue weighted by Gasteiger charge is -2.64. The van der Waals surface area contributed by atoms with Gasteiger partial charge in [-0.25, -0.2) is 4.99 Å². The molecule has 12 heteroatoms. The maximum absolute atomic E-state index is 13.9. The first-order valence-corrected chi connectivity index (χ1v) is 15.9. The Balaban J connectivity index is 1.73. The zero-order valence-electron chi connectivity index (χ0n) is 27.4. The van der Waals surface area contributed by atoms with E-state index in [-0.39, 0.29) is 40.8 Å². The van der Waals surface area contributed by atoms with Crippen LogP contribution in [-0.4, -0.2) is 67.0 Å². The van der Waals surface area contributed by atoms with Crippen LogP contribution in [0.2, 0.25) is 0 Å². The number of hydrogen-bond acceptors (Lipinski definition) is 6.